The molecule has 0 radical (unpaired) electrons. The molecule has 1 saturated heterocycles. The van der Waals surface area contributed by atoms with E-state index in [9.17, 15) is 0 Å². The summed E-state index contributed by atoms with van der Waals surface area (Å²) in [5, 5.41) is 20.6. The Morgan fingerprint density at radius 3 is 3.00 bits per heavy atom. The number of oxime groups is 1. The van der Waals surface area contributed by atoms with E-state index in [1.165, 1.54) is 0 Å². The van der Waals surface area contributed by atoms with Crippen LogP contribution in [0.5, 0.6) is 0 Å². The van der Waals surface area contributed by atoms with Crippen molar-refractivity contribution in [3.63, 3.8) is 0 Å². The van der Waals surface area contributed by atoms with E-state index in [1.807, 2.05) is 6.92 Å². The smallest absolute Gasteiger partial charge is 0.143 e. The van der Waals surface area contributed by atoms with Crippen molar-refractivity contribution in [1.82, 2.24) is 4.90 Å². The van der Waals surface area contributed by atoms with Gasteiger partial charge in [-0.2, -0.15) is 0 Å². The van der Waals surface area contributed by atoms with Gasteiger partial charge in [0.25, 0.3) is 0 Å². The average molecular weight is 215 g/mol. The molecule has 0 spiro atoms. The van der Waals surface area contributed by atoms with Crippen LogP contribution in [0.15, 0.2) is 5.16 Å². The fourth-order valence-electron chi connectivity index (χ4n) is 2.05. The highest BCUT2D eigenvalue weighted by Gasteiger charge is 2.21. The largest absolute Gasteiger partial charge is 0.409 e. The first-order valence-electron chi connectivity index (χ1n) is 5.48. The van der Waals surface area contributed by atoms with Crippen LogP contribution < -0.4 is 5.73 Å². The van der Waals surface area contributed by atoms with Crippen molar-refractivity contribution in [2.24, 2.45) is 22.7 Å². The van der Waals surface area contributed by atoms with E-state index >= 15 is 0 Å². The summed E-state index contributed by atoms with van der Waals surface area (Å²) in [5.41, 5.74) is 5.52. The second-order valence-electron chi connectivity index (χ2n) is 4.38. The fourth-order valence-corrected chi connectivity index (χ4v) is 2.05. The predicted molar refractivity (Wildman–Crippen MR) is 58.8 cm³/mol. The molecule has 5 nitrogen and oxygen atoms in total. The van der Waals surface area contributed by atoms with Crippen molar-refractivity contribution < 1.29 is 10.3 Å². The van der Waals surface area contributed by atoms with Gasteiger partial charge in [0.2, 0.25) is 0 Å². The maximum atomic E-state index is 9.08. The SMILES string of the molecule is CC(CN1CCCC(CO)C1)/C(N)=N/O. The summed E-state index contributed by atoms with van der Waals surface area (Å²) in [6.45, 7) is 4.96. The molecule has 0 aromatic heterocycles. The van der Waals surface area contributed by atoms with E-state index in [0.29, 0.717) is 5.92 Å². The normalized spacial score (nSPS) is 26.5. The minimum Gasteiger partial charge on any atom is -0.409 e. The van der Waals surface area contributed by atoms with Crippen molar-refractivity contribution in [3.05, 3.63) is 0 Å². The van der Waals surface area contributed by atoms with Gasteiger partial charge in [-0.25, -0.2) is 0 Å². The molecule has 1 rings (SSSR count). The third kappa shape index (κ3) is 3.68. The molecule has 1 aliphatic heterocycles. The molecular formula is C10H21N3O2. The molecule has 2 unspecified atom stereocenters. The quantitative estimate of drug-likeness (QED) is 0.268. The van der Waals surface area contributed by atoms with E-state index < -0.39 is 0 Å². The monoisotopic (exact) mass is 215 g/mol. The fraction of sp³-hybridized carbons (Fsp3) is 0.900. The van der Waals surface area contributed by atoms with Gasteiger partial charge < -0.3 is 20.9 Å². The minimum absolute atomic E-state index is 0.0624. The third-order valence-electron chi connectivity index (χ3n) is 3.01. The molecule has 5 heteroatoms. The van der Waals surface area contributed by atoms with Crippen LogP contribution in [0.4, 0.5) is 0 Å². The molecule has 0 amide bonds. The number of hydrogen-bond acceptors (Lipinski definition) is 4. The van der Waals surface area contributed by atoms with Gasteiger partial charge in [0.15, 0.2) is 0 Å². The van der Waals surface area contributed by atoms with E-state index in [4.69, 9.17) is 16.0 Å². The first-order chi connectivity index (χ1) is 7.17. The first-order valence-corrected chi connectivity index (χ1v) is 5.48. The highest BCUT2D eigenvalue weighted by Crippen LogP contribution is 2.16. The molecule has 1 heterocycles. The van der Waals surface area contributed by atoms with Gasteiger partial charge in [-0.05, 0) is 25.3 Å². The molecular weight excluding hydrogens is 194 g/mol. The van der Waals surface area contributed by atoms with Crippen molar-refractivity contribution >= 4 is 5.84 Å². The number of amidine groups is 1. The Morgan fingerprint density at radius 1 is 1.67 bits per heavy atom. The van der Waals surface area contributed by atoms with Crippen molar-refractivity contribution in [2.75, 3.05) is 26.2 Å². The van der Waals surface area contributed by atoms with Gasteiger partial charge in [-0.1, -0.05) is 12.1 Å². The Morgan fingerprint density at radius 2 is 2.40 bits per heavy atom. The third-order valence-corrected chi connectivity index (χ3v) is 3.01. The summed E-state index contributed by atoms with van der Waals surface area (Å²) in [5.74, 6) is 0.729. The molecule has 88 valence electrons. The standard InChI is InChI=1S/C10H21N3O2/c1-8(10(11)12-15)5-13-4-2-3-9(6-13)7-14/h8-9,14-15H,2-7H2,1H3,(H2,11,12). The summed E-state index contributed by atoms with van der Waals surface area (Å²) in [4.78, 5) is 2.27. The Hall–Kier alpha value is -0.810. The van der Waals surface area contributed by atoms with E-state index in [1.54, 1.807) is 0 Å². The number of piperidine rings is 1. The summed E-state index contributed by atoms with van der Waals surface area (Å²) < 4.78 is 0. The lowest BCUT2D eigenvalue weighted by Crippen LogP contribution is -2.41. The van der Waals surface area contributed by atoms with E-state index in [2.05, 4.69) is 10.1 Å². The summed E-state index contributed by atoms with van der Waals surface area (Å²) >= 11 is 0. The maximum absolute atomic E-state index is 9.08. The molecule has 1 aliphatic rings. The highest BCUT2D eigenvalue weighted by atomic mass is 16.4. The molecule has 1 fully saturated rings. The number of nitrogens with two attached hydrogens (primary N) is 1. The highest BCUT2D eigenvalue weighted by molar-refractivity contribution is 5.82. The minimum atomic E-state index is 0.0624. The lowest BCUT2D eigenvalue weighted by Gasteiger charge is -2.33. The summed E-state index contributed by atoms with van der Waals surface area (Å²) in [6.07, 6.45) is 2.22. The maximum Gasteiger partial charge on any atom is 0.143 e. The molecule has 0 saturated carbocycles. The Labute approximate surface area is 90.6 Å². The Kier molecular flexibility index (Phi) is 4.84. The summed E-state index contributed by atoms with van der Waals surface area (Å²) in [6, 6.07) is 0. The van der Waals surface area contributed by atoms with Crippen molar-refractivity contribution in [3.8, 4) is 0 Å². The zero-order valence-electron chi connectivity index (χ0n) is 9.26. The van der Waals surface area contributed by atoms with Crippen LogP contribution in [0.3, 0.4) is 0 Å². The van der Waals surface area contributed by atoms with Gasteiger partial charge in [0.1, 0.15) is 5.84 Å². The molecule has 4 N–H and O–H groups in total. The van der Waals surface area contributed by atoms with Crippen LogP contribution in [0, 0.1) is 11.8 Å². The molecule has 0 aliphatic carbocycles. The van der Waals surface area contributed by atoms with Crippen LogP contribution in [0.1, 0.15) is 19.8 Å². The number of hydrogen-bond donors (Lipinski definition) is 3. The molecule has 0 aromatic rings. The van der Waals surface area contributed by atoms with Crippen LogP contribution in [0.25, 0.3) is 0 Å². The average Bonchev–Trinajstić information content (AvgIpc) is 2.28. The molecule has 2 atom stereocenters. The topological polar surface area (TPSA) is 82.1 Å². The van der Waals surface area contributed by atoms with Crippen molar-refractivity contribution in [2.45, 2.75) is 19.8 Å². The summed E-state index contributed by atoms with van der Waals surface area (Å²) in [7, 11) is 0. The van der Waals surface area contributed by atoms with Gasteiger partial charge in [0, 0.05) is 25.6 Å². The van der Waals surface area contributed by atoms with Crippen molar-refractivity contribution in [1.29, 1.82) is 0 Å². The van der Waals surface area contributed by atoms with Gasteiger partial charge in [0.05, 0.1) is 0 Å². The predicted octanol–water partition coefficient (Wildman–Crippen LogP) is 0.0732. The lowest BCUT2D eigenvalue weighted by molar-refractivity contribution is 0.115. The second kappa shape index (κ2) is 5.92. The zero-order valence-corrected chi connectivity index (χ0v) is 9.26. The Balaban J connectivity index is 2.37. The number of rotatable bonds is 4. The number of aliphatic hydroxyl groups excluding tert-OH is 1. The zero-order chi connectivity index (χ0) is 11.3. The Bertz CT molecular complexity index is 221. The van der Waals surface area contributed by atoms with Crippen LogP contribution in [0.2, 0.25) is 0 Å². The van der Waals surface area contributed by atoms with Crippen LogP contribution >= 0.6 is 0 Å². The molecule has 0 aromatic carbocycles. The van der Waals surface area contributed by atoms with Crippen LogP contribution in [-0.2, 0) is 0 Å². The number of likely N-dealkylation sites (tertiary alicyclic amines) is 1. The first kappa shape index (κ1) is 12.3. The van der Waals surface area contributed by atoms with Gasteiger partial charge in [-0.15, -0.1) is 0 Å². The van der Waals surface area contributed by atoms with Crippen LogP contribution in [-0.4, -0.2) is 47.3 Å². The second-order valence-corrected chi connectivity index (χ2v) is 4.38. The lowest BCUT2D eigenvalue weighted by atomic mass is 9.98. The van der Waals surface area contributed by atoms with Gasteiger partial charge >= 0.3 is 0 Å². The number of nitrogens with zero attached hydrogens (tertiary/aromatic N) is 2. The van der Waals surface area contributed by atoms with E-state index in [-0.39, 0.29) is 18.4 Å². The molecule has 15 heavy (non-hydrogen) atoms. The van der Waals surface area contributed by atoms with Gasteiger partial charge in [-0.3, -0.25) is 0 Å². The number of aliphatic hydroxyl groups is 1. The molecule has 0 bridgehead atoms. The van der Waals surface area contributed by atoms with E-state index in [0.717, 1.165) is 32.5 Å².